The molecule has 2 rings (SSSR count). The number of aliphatic imine (C=N–C) groups is 1. The second-order valence-corrected chi connectivity index (χ2v) is 7.50. The third-order valence-corrected chi connectivity index (χ3v) is 5.85. The predicted molar refractivity (Wildman–Crippen MR) is 117 cm³/mol. The van der Waals surface area contributed by atoms with Crippen LogP contribution in [0, 0.1) is 5.41 Å². The van der Waals surface area contributed by atoms with E-state index in [1.807, 2.05) is 0 Å². The standard InChI is InChI=1S/C22H38N4O2/c1-4-22(5-2,11-14-27)18-25-21(23-6-3)24-17-19-7-9-20(10-8-19)26-12-15-28-16-13-26/h7-10,27H,4-6,11-18H2,1-3H3,(H2,23,24,25). The molecule has 1 fully saturated rings. The molecular weight excluding hydrogens is 352 g/mol. The van der Waals surface area contributed by atoms with Crippen molar-refractivity contribution in [3.8, 4) is 0 Å². The highest BCUT2D eigenvalue weighted by Gasteiger charge is 2.25. The van der Waals surface area contributed by atoms with Crippen LogP contribution in [-0.2, 0) is 11.3 Å². The van der Waals surface area contributed by atoms with Gasteiger partial charge in [0.1, 0.15) is 0 Å². The molecule has 1 aliphatic heterocycles. The molecule has 1 aliphatic rings. The first-order valence-corrected chi connectivity index (χ1v) is 10.7. The number of guanidine groups is 1. The largest absolute Gasteiger partial charge is 0.396 e. The van der Waals surface area contributed by atoms with Gasteiger partial charge in [-0.1, -0.05) is 26.0 Å². The van der Waals surface area contributed by atoms with E-state index in [9.17, 15) is 5.11 Å². The van der Waals surface area contributed by atoms with Crippen LogP contribution in [0.5, 0.6) is 0 Å². The van der Waals surface area contributed by atoms with Crippen molar-refractivity contribution in [2.45, 2.75) is 46.6 Å². The van der Waals surface area contributed by atoms with Crippen molar-refractivity contribution in [3.63, 3.8) is 0 Å². The van der Waals surface area contributed by atoms with E-state index in [4.69, 9.17) is 9.73 Å². The number of ether oxygens (including phenoxy) is 1. The average Bonchev–Trinajstić information content (AvgIpc) is 2.76. The van der Waals surface area contributed by atoms with Gasteiger partial charge in [0.15, 0.2) is 5.96 Å². The Labute approximate surface area is 170 Å². The molecule has 0 amide bonds. The van der Waals surface area contributed by atoms with Gasteiger partial charge in [-0.25, -0.2) is 4.99 Å². The van der Waals surface area contributed by atoms with Gasteiger partial charge >= 0.3 is 0 Å². The van der Waals surface area contributed by atoms with E-state index in [-0.39, 0.29) is 12.0 Å². The molecule has 1 saturated heterocycles. The topological polar surface area (TPSA) is 69.1 Å². The highest BCUT2D eigenvalue weighted by molar-refractivity contribution is 5.79. The van der Waals surface area contributed by atoms with Crippen LogP contribution in [0.25, 0.3) is 0 Å². The summed E-state index contributed by atoms with van der Waals surface area (Å²) in [4.78, 5) is 7.12. The van der Waals surface area contributed by atoms with E-state index in [0.29, 0.717) is 6.54 Å². The average molecular weight is 391 g/mol. The van der Waals surface area contributed by atoms with Crippen molar-refractivity contribution in [1.82, 2.24) is 10.6 Å². The first-order chi connectivity index (χ1) is 13.7. The number of hydrogen-bond donors (Lipinski definition) is 3. The number of nitrogens with zero attached hydrogens (tertiary/aromatic N) is 2. The number of rotatable bonds is 10. The van der Waals surface area contributed by atoms with Gasteiger partial charge in [-0.15, -0.1) is 0 Å². The normalized spacial score (nSPS) is 15.6. The van der Waals surface area contributed by atoms with Gasteiger partial charge in [-0.05, 0) is 49.3 Å². The first kappa shape index (κ1) is 22.5. The maximum atomic E-state index is 9.42. The lowest BCUT2D eigenvalue weighted by Gasteiger charge is -2.32. The highest BCUT2D eigenvalue weighted by Crippen LogP contribution is 2.29. The third-order valence-electron chi connectivity index (χ3n) is 5.85. The molecule has 28 heavy (non-hydrogen) atoms. The van der Waals surface area contributed by atoms with E-state index >= 15 is 0 Å². The summed E-state index contributed by atoms with van der Waals surface area (Å²) >= 11 is 0. The van der Waals surface area contributed by atoms with Crippen LogP contribution < -0.4 is 15.5 Å². The molecule has 0 atom stereocenters. The zero-order valence-electron chi connectivity index (χ0n) is 17.8. The Bertz CT molecular complexity index is 579. The number of morpholine rings is 1. The summed E-state index contributed by atoms with van der Waals surface area (Å²) in [6.45, 7) is 12.5. The molecule has 6 nitrogen and oxygen atoms in total. The van der Waals surface area contributed by atoms with Crippen LogP contribution in [0.1, 0.15) is 45.6 Å². The number of aliphatic hydroxyl groups excluding tert-OH is 1. The molecule has 3 N–H and O–H groups in total. The fraction of sp³-hybridized carbons (Fsp3) is 0.682. The number of nitrogens with one attached hydrogen (secondary N) is 2. The molecule has 0 radical (unpaired) electrons. The van der Waals surface area contributed by atoms with Crippen LogP contribution in [0.4, 0.5) is 5.69 Å². The fourth-order valence-electron chi connectivity index (χ4n) is 3.60. The summed E-state index contributed by atoms with van der Waals surface area (Å²) in [6, 6.07) is 8.67. The van der Waals surface area contributed by atoms with E-state index < -0.39 is 0 Å². The van der Waals surface area contributed by atoms with E-state index in [2.05, 4.69) is 60.6 Å². The molecule has 1 heterocycles. The summed E-state index contributed by atoms with van der Waals surface area (Å²) < 4.78 is 5.42. The fourth-order valence-corrected chi connectivity index (χ4v) is 3.60. The van der Waals surface area contributed by atoms with Crippen LogP contribution in [0.2, 0.25) is 0 Å². The Morgan fingerprint density at radius 3 is 2.36 bits per heavy atom. The molecule has 0 unspecified atom stereocenters. The van der Waals surface area contributed by atoms with Crippen LogP contribution >= 0.6 is 0 Å². The summed E-state index contributed by atoms with van der Waals surface area (Å²) in [7, 11) is 0. The van der Waals surface area contributed by atoms with Crippen molar-refractivity contribution in [2.75, 3.05) is 50.9 Å². The molecule has 158 valence electrons. The Balaban J connectivity index is 1.95. The van der Waals surface area contributed by atoms with Gasteiger partial charge in [0.25, 0.3) is 0 Å². The SMILES string of the molecule is CCNC(=NCc1ccc(N2CCOCC2)cc1)NCC(CC)(CC)CCO. The number of benzene rings is 1. The zero-order chi connectivity index (χ0) is 20.2. The van der Waals surface area contributed by atoms with Gasteiger partial charge in [0.2, 0.25) is 0 Å². The monoisotopic (exact) mass is 390 g/mol. The molecule has 1 aromatic carbocycles. The Hall–Kier alpha value is -1.79. The van der Waals surface area contributed by atoms with E-state index in [1.54, 1.807) is 0 Å². The second kappa shape index (κ2) is 11.9. The molecule has 0 aromatic heterocycles. The smallest absolute Gasteiger partial charge is 0.191 e. The number of hydrogen-bond acceptors (Lipinski definition) is 4. The van der Waals surface area contributed by atoms with Gasteiger partial charge in [0, 0.05) is 38.5 Å². The van der Waals surface area contributed by atoms with Crippen LogP contribution in [-0.4, -0.2) is 57.1 Å². The summed E-state index contributed by atoms with van der Waals surface area (Å²) in [5.41, 5.74) is 2.56. The summed E-state index contributed by atoms with van der Waals surface area (Å²) in [5.74, 6) is 0.837. The minimum absolute atomic E-state index is 0.116. The molecule has 6 heteroatoms. The minimum Gasteiger partial charge on any atom is -0.396 e. The molecule has 0 bridgehead atoms. The minimum atomic E-state index is 0.116. The molecule has 1 aromatic rings. The van der Waals surface area contributed by atoms with Gasteiger partial charge in [0.05, 0.1) is 19.8 Å². The maximum absolute atomic E-state index is 9.42. The van der Waals surface area contributed by atoms with Gasteiger partial charge < -0.3 is 25.4 Å². The zero-order valence-corrected chi connectivity index (χ0v) is 17.8. The molecular formula is C22H38N4O2. The molecule has 0 saturated carbocycles. The maximum Gasteiger partial charge on any atom is 0.191 e. The molecule has 0 aliphatic carbocycles. The lowest BCUT2D eigenvalue weighted by atomic mass is 9.79. The van der Waals surface area contributed by atoms with Crippen molar-refractivity contribution < 1.29 is 9.84 Å². The van der Waals surface area contributed by atoms with E-state index in [0.717, 1.165) is 64.6 Å². The third kappa shape index (κ3) is 6.67. The van der Waals surface area contributed by atoms with Crippen molar-refractivity contribution in [2.24, 2.45) is 10.4 Å². The summed E-state index contributed by atoms with van der Waals surface area (Å²) in [5, 5.41) is 16.2. The molecule has 0 spiro atoms. The lowest BCUT2D eigenvalue weighted by Crippen LogP contribution is -2.43. The van der Waals surface area contributed by atoms with Crippen LogP contribution in [0.3, 0.4) is 0 Å². The van der Waals surface area contributed by atoms with Crippen molar-refractivity contribution in [3.05, 3.63) is 29.8 Å². The predicted octanol–water partition coefficient (Wildman–Crippen LogP) is 2.77. The van der Waals surface area contributed by atoms with E-state index in [1.165, 1.54) is 11.3 Å². The van der Waals surface area contributed by atoms with Crippen molar-refractivity contribution in [1.29, 1.82) is 0 Å². The number of aliphatic hydroxyl groups is 1. The Morgan fingerprint density at radius 1 is 1.11 bits per heavy atom. The Kier molecular flexibility index (Phi) is 9.58. The van der Waals surface area contributed by atoms with Gasteiger partial charge in [-0.3, -0.25) is 0 Å². The number of anilines is 1. The Morgan fingerprint density at radius 2 is 1.79 bits per heavy atom. The summed E-state index contributed by atoms with van der Waals surface area (Å²) in [6.07, 6.45) is 2.90. The van der Waals surface area contributed by atoms with Crippen molar-refractivity contribution >= 4 is 11.6 Å². The quantitative estimate of drug-likeness (QED) is 0.423. The lowest BCUT2D eigenvalue weighted by molar-refractivity contribution is 0.122. The van der Waals surface area contributed by atoms with Gasteiger partial charge in [-0.2, -0.15) is 0 Å². The second-order valence-electron chi connectivity index (χ2n) is 7.50. The highest BCUT2D eigenvalue weighted by atomic mass is 16.5. The van der Waals surface area contributed by atoms with Crippen LogP contribution in [0.15, 0.2) is 29.3 Å². The first-order valence-electron chi connectivity index (χ1n) is 10.7.